The van der Waals surface area contributed by atoms with Crippen molar-refractivity contribution < 1.29 is 13.2 Å². The predicted octanol–water partition coefficient (Wildman–Crippen LogP) is 4.04. The summed E-state index contributed by atoms with van der Waals surface area (Å²) in [6, 6.07) is 12.3. The van der Waals surface area contributed by atoms with Crippen LogP contribution >= 0.6 is 23.2 Å². The number of nitrogens with zero attached hydrogens (tertiary/aromatic N) is 3. The van der Waals surface area contributed by atoms with Crippen molar-refractivity contribution in [3.05, 3.63) is 76.5 Å². The smallest absolute Gasteiger partial charge is 0.264 e. The van der Waals surface area contributed by atoms with Crippen molar-refractivity contribution in [2.75, 3.05) is 17.1 Å². The lowest BCUT2D eigenvalue weighted by atomic mass is 10.2. The SMILES string of the molecule is C[C@@H](C(=O)Nc1ccc(S(=O)(=O)Nc2ncccn2)cc1)N(C)Cc1ccc(Cl)c(Cl)c1. The molecule has 3 aromatic rings. The van der Waals surface area contributed by atoms with E-state index in [1.807, 2.05) is 18.0 Å². The quantitative estimate of drug-likeness (QED) is 0.490. The predicted molar refractivity (Wildman–Crippen MR) is 125 cm³/mol. The van der Waals surface area contributed by atoms with Crippen LogP contribution in [0.2, 0.25) is 10.0 Å². The van der Waals surface area contributed by atoms with E-state index in [9.17, 15) is 13.2 Å². The van der Waals surface area contributed by atoms with Gasteiger partial charge in [-0.25, -0.2) is 23.1 Å². The van der Waals surface area contributed by atoms with Crippen LogP contribution < -0.4 is 10.0 Å². The lowest BCUT2D eigenvalue weighted by molar-refractivity contribution is -0.120. The molecule has 0 bridgehead atoms. The molecule has 0 spiro atoms. The summed E-state index contributed by atoms with van der Waals surface area (Å²) in [5.41, 5.74) is 1.39. The molecule has 0 aliphatic carbocycles. The number of carbonyl (C=O) groups is 1. The van der Waals surface area contributed by atoms with Crippen LogP contribution in [0.1, 0.15) is 12.5 Å². The van der Waals surface area contributed by atoms with Crippen LogP contribution in [0.3, 0.4) is 0 Å². The summed E-state index contributed by atoms with van der Waals surface area (Å²) < 4.78 is 27.2. The van der Waals surface area contributed by atoms with Crippen molar-refractivity contribution in [2.24, 2.45) is 0 Å². The largest absolute Gasteiger partial charge is 0.325 e. The second-order valence-corrected chi connectivity index (χ2v) is 9.53. The lowest BCUT2D eigenvalue weighted by Gasteiger charge is -2.24. The normalized spacial score (nSPS) is 12.4. The first kappa shape index (κ1) is 23.9. The number of carbonyl (C=O) groups excluding carboxylic acids is 1. The molecule has 2 N–H and O–H groups in total. The van der Waals surface area contributed by atoms with E-state index in [1.54, 1.807) is 25.1 Å². The molecule has 32 heavy (non-hydrogen) atoms. The number of halogens is 2. The number of anilines is 2. The van der Waals surface area contributed by atoms with Gasteiger partial charge in [0.05, 0.1) is 21.0 Å². The minimum Gasteiger partial charge on any atom is -0.325 e. The van der Waals surface area contributed by atoms with E-state index >= 15 is 0 Å². The molecule has 168 valence electrons. The Kier molecular flexibility index (Phi) is 7.68. The topological polar surface area (TPSA) is 104 Å². The monoisotopic (exact) mass is 493 g/mol. The van der Waals surface area contributed by atoms with Gasteiger partial charge in [0.25, 0.3) is 10.0 Å². The zero-order valence-electron chi connectivity index (χ0n) is 17.3. The van der Waals surface area contributed by atoms with Crippen LogP contribution in [0.15, 0.2) is 65.8 Å². The molecule has 0 radical (unpaired) electrons. The number of hydrogen-bond acceptors (Lipinski definition) is 6. The van der Waals surface area contributed by atoms with E-state index < -0.39 is 16.1 Å². The standard InChI is InChI=1S/C21H21Cl2N5O3S/c1-14(28(2)13-15-4-9-18(22)19(23)12-15)20(29)26-16-5-7-17(8-6-16)32(30,31)27-21-24-10-3-11-25-21/h3-12,14H,13H2,1-2H3,(H,26,29)(H,24,25,27)/t14-/m0/s1. The highest BCUT2D eigenvalue weighted by Crippen LogP contribution is 2.23. The molecule has 0 fully saturated rings. The Morgan fingerprint density at radius 2 is 1.72 bits per heavy atom. The van der Waals surface area contributed by atoms with E-state index in [0.29, 0.717) is 22.3 Å². The third-order valence-corrected chi connectivity index (χ3v) is 6.76. The summed E-state index contributed by atoms with van der Waals surface area (Å²) in [7, 11) is -2.03. The summed E-state index contributed by atoms with van der Waals surface area (Å²) in [5.74, 6) is -0.261. The Morgan fingerprint density at radius 1 is 1.06 bits per heavy atom. The van der Waals surface area contributed by atoms with E-state index in [1.165, 1.54) is 36.7 Å². The molecular formula is C21H21Cl2N5O3S. The Bertz CT molecular complexity index is 1190. The van der Waals surface area contributed by atoms with Gasteiger partial charge in [0, 0.05) is 24.6 Å². The number of amides is 1. The van der Waals surface area contributed by atoms with Crippen LogP contribution in [-0.4, -0.2) is 42.3 Å². The molecule has 2 aromatic carbocycles. The van der Waals surface area contributed by atoms with E-state index in [4.69, 9.17) is 23.2 Å². The summed E-state index contributed by atoms with van der Waals surface area (Å²) >= 11 is 12.0. The average Bonchev–Trinajstić information content (AvgIpc) is 2.76. The van der Waals surface area contributed by atoms with Gasteiger partial charge >= 0.3 is 0 Å². The van der Waals surface area contributed by atoms with Gasteiger partial charge in [0.15, 0.2) is 0 Å². The fraction of sp³-hybridized carbons (Fsp3) is 0.190. The zero-order valence-corrected chi connectivity index (χ0v) is 19.6. The molecule has 3 rings (SSSR count). The van der Waals surface area contributed by atoms with Crippen LogP contribution in [0.25, 0.3) is 0 Å². The Labute approximate surface area is 196 Å². The molecule has 8 nitrogen and oxygen atoms in total. The molecule has 11 heteroatoms. The van der Waals surface area contributed by atoms with Crippen molar-refractivity contribution >= 4 is 50.8 Å². The summed E-state index contributed by atoms with van der Waals surface area (Å²) in [5, 5.41) is 3.72. The molecular weight excluding hydrogens is 473 g/mol. The third kappa shape index (κ3) is 6.17. The maximum atomic E-state index is 12.6. The minimum absolute atomic E-state index is 0.0211. The molecule has 0 aliphatic heterocycles. The first-order valence-electron chi connectivity index (χ1n) is 9.50. The van der Waals surface area contributed by atoms with Crippen molar-refractivity contribution in [3.63, 3.8) is 0 Å². The number of aromatic nitrogens is 2. The summed E-state index contributed by atoms with van der Waals surface area (Å²) in [6.45, 7) is 2.27. The molecule has 1 heterocycles. The zero-order chi connectivity index (χ0) is 23.3. The second-order valence-electron chi connectivity index (χ2n) is 7.03. The Hall–Kier alpha value is -2.72. The van der Waals surface area contributed by atoms with Gasteiger partial charge in [-0.3, -0.25) is 9.69 Å². The molecule has 1 aromatic heterocycles. The molecule has 1 atom stereocenters. The van der Waals surface area contributed by atoms with Gasteiger partial charge < -0.3 is 5.32 Å². The number of sulfonamides is 1. The van der Waals surface area contributed by atoms with E-state index in [2.05, 4.69) is 20.0 Å². The highest BCUT2D eigenvalue weighted by atomic mass is 35.5. The van der Waals surface area contributed by atoms with Gasteiger partial charge in [-0.15, -0.1) is 0 Å². The van der Waals surface area contributed by atoms with Crippen LogP contribution in [0.4, 0.5) is 11.6 Å². The Balaban J connectivity index is 1.61. The summed E-state index contributed by atoms with van der Waals surface area (Å²) in [4.78, 5) is 22.2. The van der Waals surface area contributed by atoms with Crippen molar-refractivity contribution in [2.45, 2.75) is 24.4 Å². The number of hydrogen-bond donors (Lipinski definition) is 2. The van der Waals surface area contributed by atoms with Gasteiger partial charge in [0.2, 0.25) is 11.9 Å². The fourth-order valence-corrected chi connectivity index (χ4v) is 4.04. The van der Waals surface area contributed by atoms with Crippen molar-refractivity contribution in [1.29, 1.82) is 0 Å². The number of rotatable bonds is 8. The maximum absolute atomic E-state index is 12.6. The minimum atomic E-state index is -3.85. The molecule has 0 unspecified atom stereocenters. The number of likely N-dealkylation sites (N-methyl/N-ethyl adjacent to an activating group) is 1. The average molecular weight is 494 g/mol. The molecule has 0 saturated carbocycles. The van der Waals surface area contributed by atoms with E-state index in [0.717, 1.165) is 5.56 Å². The van der Waals surface area contributed by atoms with Crippen molar-refractivity contribution in [1.82, 2.24) is 14.9 Å². The van der Waals surface area contributed by atoms with E-state index in [-0.39, 0.29) is 16.8 Å². The van der Waals surface area contributed by atoms with Gasteiger partial charge in [-0.2, -0.15) is 0 Å². The third-order valence-electron chi connectivity index (χ3n) is 4.68. The van der Waals surface area contributed by atoms with Gasteiger partial charge in [0.1, 0.15) is 0 Å². The maximum Gasteiger partial charge on any atom is 0.264 e. The van der Waals surface area contributed by atoms with Crippen LogP contribution in [0, 0.1) is 0 Å². The number of benzene rings is 2. The second kappa shape index (κ2) is 10.3. The van der Waals surface area contributed by atoms with Crippen molar-refractivity contribution in [3.8, 4) is 0 Å². The van der Waals surface area contributed by atoms with Gasteiger partial charge in [-0.1, -0.05) is 29.3 Å². The first-order valence-corrected chi connectivity index (χ1v) is 11.7. The Morgan fingerprint density at radius 3 is 2.34 bits per heavy atom. The summed E-state index contributed by atoms with van der Waals surface area (Å²) in [6.07, 6.45) is 2.87. The van der Waals surface area contributed by atoms with Gasteiger partial charge in [-0.05, 0) is 62.0 Å². The first-order chi connectivity index (χ1) is 15.2. The number of nitrogens with one attached hydrogen (secondary N) is 2. The molecule has 1 amide bonds. The lowest BCUT2D eigenvalue weighted by Crippen LogP contribution is -2.39. The highest BCUT2D eigenvalue weighted by Gasteiger charge is 2.20. The molecule has 0 saturated heterocycles. The molecule has 0 aliphatic rings. The van der Waals surface area contributed by atoms with Crippen LogP contribution in [-0.2, 0) is 21.4 Å². The fourth-order valence-electron chi connectivity index (χ4n) is 2.76. The van der Waals surface area contributed by atoms with Crippen LogP contribution in [0.5, 0.6) is 0 Å². The highest BCUT2D eigenvalue weighted by molar-refractivity contribution is 7.92.